The Labute approximate surface area is 131 Å². The lowest BCUT2D eigenvalue weighted by Gasteiger charge is -2.06. The zero-order valence-corrected chi connectivity index (χ0v) is 13.0. The molecule has 7 heteroatoms. The van der Waals surface area contributed by atoms with Gasteiger partial charge in [0.2, 0.25) is 0 Å². The van der Waals surface area contributed by atoms with Crippen LogP contribution >= 0.6 is 11.3 Å². The van der Waals surface area contributed by atoms with Crippen LogP contribution in [0, 0.1) is 13.8 Å². The van der Waals surface area contributed by atoms with Gasteiger partial charge in [-0.15, -0.1) is 11.3 Å². The van der Waals surface area contributed by atoms with Crippen molar-refractivity contribution in [2.75, 3.05) is 0 Å². The van der Waals surface area contributed by atoms with Crippen molar-refractivity contribution in [1.82, 2.24) is 20.3 Å². The van der Waals surface area contributed by atoms with Crippen LogP contribution in [-0.2, 0) is 6.54 Å². The molecule has 0 fully saturated rings. The first-order valence-electron chi connectivity index (χ1n) is 6.71. The molecule has 0 aliphatic carbocycles. The molecule has 0 saturated heterocycles. The number of amides is 1. The van der Waals surface area contributed by atoms with Gasteiger partial charge in [-0.1, -0.05) is 0 Å². The van der Waals surface area contributed by atoms with Crippen LogP contribution in [0.25, 0.3) is 11.5 Å². The molecule has 0 aromatic carbocycles. The molecule has 3 aromatic rings. The van der Waals surface area contributed by atoms with Crippen molar-refractivity contribution in [3.63, 3.8) is 0 Å². The molecular formula is C15H14N4O2S. The topological polar surface area (TPSA) is 80.9 Å². The van der Waals surface area contributed by atoms with Crippen molar-refractivity contribution in [2.45, 2.75) is 20.4 Å². The van der Waals surface area contributed by atoms with Gasteiger partial charge in [0.15, 0.2) is 5.76 Å². The van der Waals surface area contributed by atoms with Crippen molar-refractivity contribution in [3.8, 4) is 11.5 Å². The number of carbonyl (C=O) groups excluding carboxylic acids is 1. The summed E-state index contributed by atoms with van der Waals surface area (Å²) in [5.74, 6) is 0.473. The summed E-state index contributed by atoms with van der Waals surface area (Å²) in [5, 5.41) is 3.73. The Bertz CT molecular complexity index is 796. The van der Waals surface area contributed by atoms with Crippen LogP contribution in [0.3, 0.4) is 0 Å². The maximum absolute atomic E-state index is 12.2. The molecule has 3 heterocycles. The van der Waals surface area contributed by atoms with E-state index in [1.54, 1.807) is 24.7 Å². The Kier molecular flexibility index (Phi) is 3.97. The number of aromatic nitrogens is 3. The van der Waals surface area contributed by atoms with Gasteiger partial charge in [0.1, 0.15) is 10.6 Å². The third-order valence-corrected chi connectivity index (χ3v) is 4.13. The minimum Gasteiger partial charge on any atom is -0.463 e. The fourth-order valence-electron chi connectivity index (χ4n) is 2.10. The largest absolute Gasteiger partial charge is 0.463 e. The van der Waals surface area contributed by atoms with Crippen molar-refractivity contribution in [1.29, 1.82) is 0 Å². The van der Waals surface area contributed by atoms with Gasteiger partial charge in [-0.05, 0) is 26.0 Å². The zero-order valence-electron chi connectivity index (χ0n) is 12.2. The summed E-state index contributed by atoms with van der Waals surface area (Å²) >= 11 is 1.38. The molecule has 0 spiro atoms. The van der Waals surface area contributed by atoms with E-state index in [4.69, 9.17) is 4.42 Å². The van der Waals surface area contributed by atoms with Crippen LogP contribution in [0.15, 0.2) is 35.2 Å². The summed E-state index contributed by atoms with van der Waals surface area (Å²) in [4.78, 5) is 25.7. The fourth-order valence-corrected chi connectivity index (χ4v) is 2.94. The molecule has 0 aliphatic heterocycles. The maximum atomic E-state index is 12.2. The molecule has 0 saturated carbocycles. The molecule has 0 aliphatic rings. The third-order valence-electron chi connectivity index (χ3n) is 3.05. The molecular weight excluding hydrogens is 300 g/mol. The highest BCUT2D eigenvalue weighted by Gasteiger charge is 2.15. The van der Waals surface area contributed by atoms with E-state index in [0.29, 0.717) is 22.0 Å². The van der Waals surface area contributed by atoms with Gasteiger partial charge in [0.05, 0.1) is 29.2 Å². The summed E-state index contributed by atoms with van der Waals surface area (Å²) in [6.45, 7) is 3.99. The number of carbonyl (C=O) groups is 1. The van der Waals surface area contributed by atoms with E-state index in [-0.39, 0.29) is 12.5 Å². The summed E-state index contributed by atoms with van der Waals surface area (Å²) in [6.07, 6.45) is 4.77. The standard InChI is InChI=1S/C15H14N4O2S/c1-9-14(22-10(2)19-9)15(20)18-8-11-13(17-6-5-16-11)12-4-3-7-21-12/h3-7H,8H2,1-2H3,(H,18,20). The van der Waals surface area contributed by atoms with Crippen LogP contribution in [-0.4, -0.2) is 20.9 Å². The van der Waals surface area contributed by atoms with E-state index in [1.807, 2.05) is 19.9 Å². The highest BCUT2D eigenvalue weighted by atomic mass is 32.1. The van der Waals surface area contributed by atoms with Gasteiger partial charge < -0.3 is 9.73 Å². The average molecular weight is 314 g/mol. The van der Waals surface area contributed by atoms with Crippen molar-refractivity contribution >= 4 is 17.2 Å². The number of nitrogens with zero attached hydrogens (tertiary/aromatic N) is 3. The molecule has 0 atom stereocenters. The Morgan fingerprint density at radius 1 is 1.32 bits per heavy atom. The molecule has 1 amide bonds. The van der Waals surface area contributed by atoms with Gasteiger partial charge >= 0.3 is 0 Å². The lowest BCUT2D eigenvalue weighted by Crippen LogP contribution is -2.23. The molecule has 22 heavy (non-hydrogen) atoms. The molecule has 6 nitrogen and oxygen atoms in total. The minimum absolute atomic E-state index is 0.154. The van der Waals surface area contributed by atoms with Gasteiger partial charge in [-0.3, -0.25) is 9.78 Å². The van der Waals surface area contributed by atoms with Gasteiger partial charge in [0, 0.05) is 12.4 Å². The Balaban J connectivity index is 1.77. The number of furan rings is 1. The first-order chi connectivity index (χ1) is 10.6. The Hall–Kier alpha value is -2.54. The molecule has 0 radical (unpaired) electrons. The van der Waals surface area contributed by atoms with Crippen LogP contribution in [0.2, 0.25) is 0 Å². The van der Waals surface area contributed by atoms with Gasteiger partial charge in [0.25, 0.3) is 5.91 Å². The molecule has 1 N–H and O–H groups in total. The summed E-state index contributed by atoms with van der Waals surface area (Å²) in [5.41, 5.74) is 2.03. The van der Waals surface area contributed by atoms with E-state index >= 15 is 0 Å². The van der Waals surface area contributed by atoms with E-state index < -0.39 is 0 Å². The Morgan fingerprint density at radius 2 is 2.14 bits per heavy atom. The van der Waals surface area contributed by atoms with E-state index in [1.165, 1.54) is 11.3 Å². The number of aryl methyl sites for hydroxylation is 2. The molecule has 112 valence electrons. The zero-order chi connectivity index (χ0) is 15.5. The van der Waals surface area contributed by atoms with E-state index in [9.17, 15) is 4.79 Å². The van der Waals surface area contributed by atoms with Crippen molar-refractivity contribution < 1.29 is 9.21 Å². The van der Waals surface area contributed by atoms with Gasteiger partial charge in [-0.25, -0.2) is 9.97 Å². The molecule has 0 bridgehead atoms. The smallest absolute Gasteiger partial charge is 0.263 e. The molecule has 3 rings (SSSR count). The SMILES string of the molecule is Cc1nc(C)c(C(=O)NCc2nccnc2-c2ccco2)s1. The van der Waals surface area contributed by atoms with Crippen LogP contribution < -0.4 is 5.32 Å². The monoisotopic (exact) mass is 314 g/mol. The second kappa shape index (κ2) is 6.07. The second-order valence-corrected chi connectivity index (χ2v) is 5.86. The molecule has 0 unspecified atom stereocenters. The van der Waals surface area contributed by atoms with Crippen molar-refractivity contribution in [2.24, 2.45) is 0 Å². The predicted molar refractivity (Wildman–Crippen MR) is 82.5 cm³/mol. The second-order valence-electron chi connectivity index (χ2n) is 4.66. The lowest BCUT2D eigenvalue weighted by atomic mass is 10.2. The fraction of sp³-hybridized carbons (Fsp3) is 0.200. The Morgan fingerprint density at radius 3 is 2.82 bits per heavy atom. The average Bonchev–Trinajstić information content (AvgIpc) is 3.15. The van der Waals surface area contributed by atoms with Crippen LogP contribution in [0.4, 0.5) is 0 Å². The predicted octanol–water partition coefficient (Wildman–Crippen LogP) is 2.74. The third kappa shape index (κ3) is 2.89. The number of hydrogen-bond acceptors (Lipinski definition) is 6. The quantitative estimate of drug-likeness (QED) is 0.801. The van der Waals surface area contributed by atoms with Gasteiger partial charge in [-0.2, -0.15) is 0 Å². The van der Waals surface area contributed by atoms with Crippen molar-refractivity contribution in [3.05, 3.63) is 52.1 Å². The summed E-state index contributed by atoms with van der Waals surface area (Å²) < 4.78 is 5.35. The van der Waals surface area contributed by atoms with Crippen LogP contribution in [0.1, 0.15) is 26.1 Å². The number of hydrogen-bond donors (Lipinski definition) is 1. The number of nitrogens with one attached hydrogen (secondary N) is 1. The van der Waals surface area contributed by atoms with E-state index in [2.05, 4.69) is 20.3 Å². The highest BCUT2D eigenvalue weighted by Crippen LogP contribution is 2.20. The molecule has 3 aromatic heterocycles. The normalized spacial score (nSPS) is 10.6. The van der Waals surface area contributed by atoms with E-state index in [0.717, 1.165) is 10.7 Å². The summed E-state index contributed by atoms with van der Waals surface area (Å²) in [6, 6.07) is 3.60. The minimum atomic E-state index is -0.154. The lowest BCUT2D eigenvalue weighted by molar-refractivity contribution is 0.0953. The number of thiazole rings is 1. The first-order valence-corrected chi connectivity index (χ1v) is 7.53. The summed E-state index contributed by atoms with van der Waals surface area (Å²) in [7, 11) is 0. The first kappa shape index (κ1) is 14.4. The number of rotatable bonds is 4. The van der Waals surface area contributed by atoms with Crippen LogP contribution in [0.5, 0.6) is 0 Å². The maximum Gasteiger partial charge on any atom is 0.263 e. The highest BCUT2D eigenvalue weighted by molar-refractivity contribution is 7.13.